The van der Waals surface area contributed by atoms with Crippen molar-refractivity contribution in [3.63, 3.8) is 0 Å². The molecule has 1 N–H and O–H groups in total. The second-order valence-corrected chi connectivity index (χ2v) is 8.35. The standard InChI is InChI=1S/C16H25ClO3/c1-11-5-8-15(17)13(2,10-18)6-4-7-16(15)14(11,3)9-12(19)20-16/h11,18H,4-10H2,1-3H3/t11?,13-,14+,15?,16+/m1/s1. The lowest BCUT2D eigenvalue weighted by atomic mass is 9.45. The van der Waals surface area contributed by atoms with Gasteiger partial charge in [0.15, 0.2) is 0 Å². The highest BCUT2D eigenvalue weighted by molar-refractivity contribution is 6.26. The third-order valence-corrected chi connectivity index (χ3v) is 7.89. The lowest BCUT2D eigenvalue weighted by Crippen LogP contribution is -2.71. The van der Waals surface area contributed by atoms with Crippen molar-refractivity contribution in [2.75, 3.05) is 6.61 Å². The van der Waals surface area contributed by atoms with Crippen LogP contribution in [-0.2, 0) is 9.53 Å². The van der Waals surface area contributed by atoms with Crippen molar-refractivity contribution >= 4 is 17.6 Å². The molecule has 1 heterocycles. The van der Waals surface area contributed by atoms with Gasteiger partial charge in [-0.15, -0.1) is 11.6 Å². The molecule has 3 rings (SSSR count). The molecule has 3 aliphatic rings. The van der Waals surface area contributed by atoms with Gasteiger partial charge < -0.3 is 9.84 Å². The minimum absolute atomic E-state index is 0.0558. The highest BCUT2D eigenvalue weighted by atomic mass is 35.5. The minimum Gasteiger partial charge on any atom is -0.457 e. The maximum absolute atomic E-state index is 12.1. The van der Waals surface area contributed by atoms with Crippen LogP contribution in [0, 0.1) is 16.7 Å². The number of aliphatic hydroxyl groups is 1. The van der Waals surface area contributed by atoms with Crippen LogP contribution in [0.5, 0.6) is 0 Å². The van der Waals surface area contributed by atoms with Crippen molar-refractivity contribution in [3.05, 3.63) is 0 Å². The predicted molar refractivity (Wildman–Crippen MR) is 77.6 cm³/mol. The van der Waals surface area contributed by atoms with Crippen LogP contribution in [0.4, 0.5) is 0 Å². The van der Waals surface area contributed by atoms with Gasteiger partial charge >= 0.3 is 5.97 Å². The van der Waals surface area contributed by atoms with Crippen LogP contribution in [0.1, 0.15) is 59.3 Å². The van der Waals surface area contributed by atoms with Crippen molar-refractivity contribution < 1.29 is 14.6 Å². The lowest BCUT2D eigenvalue weighted by molar-refractivity contribution is -0.198. The molecule has 20 heavy (non-hydrogen) atoms. The van der Waals surface area contributed by atoms with Gasteiger partial charge in [-0.25, -0.2) is 0 Å². The molecule has 2 saturated carbocycles. The number of carbonyl (C=O) groups excluding carboxylic acids is 1. The van der Waals surface area contributed by atoms with E-state index in [2.05, 4.69) is 20.8 Å². The molecular weight excluding hydrogens is 276 g/mol. The quantitative estimate of drug-likeness (QED) is 0.597. The van der Waals surface area contributed by atoms with Gasteiger partial charge in [0.2, 0.25) is 0 Å². The zero-order chi connectivity index (χ0) is 14.8. The molecule has 1 spiro atoms. The van der Waals surface area contributed by atoms with E-state index in [1.165, 1.54) is 0 Å². The summed E-state index contributed by atoms with van der Waals surface area (Å²) in [7, 11) is 0. The van der Waals surface area contributed by atoms with Gasteiger partial charge in [0.1, 0.15) is 5.60 Å². The largest absolute Gasteiger partial charge is 0.457 e. The number of rotatable bonds is 1. The Hall–Kier alpha value is -0.280. The first-order chi connectivity index (χ1) is 9.25. The van der Waals surface area contributed by atoms with Crippen molar-refractivity contribution in [2.24, 2.45) is 16.7 Å². The second kappa shape index (κ2) is 4.13. The number of hydrogen-bond acceptors (Lipinski definition) is 3. The Morgan fingerprint density at radius 2 is 2.05 bits per heavy atom. The lowest BCUT2D eigenvalue weighted by Gasteiger charge is -2.65. The topological polar surface area (TPSA) is 46.5 Å². The zero-order valence-electron chi connectivity index (χ0n) is 12.7. The van der Waals surface area contributed by atoms with Crippen LogP contribution in [0.2, 0.25) is 0 Å². The van der Waals surface area contributed by atoms with Crippen molar-refractivity contribution in [3.8, 4) is 0 Å². The summed E-state index contributed by atoms with van der Waals surface area (Å²) >= 11 is 7.16. The summed E-state index contributed by atoms with van der Waals surface area (Å²) in [5, 5.41) is 9.96. The first-order valence-corrected chi connectivity index (χ1v) is 8.14. The maximum atomic E-state index is 12.1. The molecule has 0 amide bonds. The summed E-state index contributed by atoms with van der Waals surface area (Å²) in [6.07, 6.45) is 4.96. The van der Waals surface area contributed by atoms with Crippen molar-refractivity contribution in [1.82, 2.24) is 0 Å². The van der Waals surface area contributed by atoms with Crippen LogP contribution in [0.15, 0.2) is 0 Å². The number of aliphatic hydroxyl groups excluding tert-OH is 1. The highest BCUT2D eigenvalue weighted by Gasteiger charge is 2.76. The summed E-state index contributed by atoms with van der Waals surface area (Å²) < 4.78 is 5.95. The number of hydrogen-bond donors (Lipinski definition) is 1. The van der Waals surface area contributed by atoms with E-state index in [0.29, 0.717) is 12.3 Å². The van der Waals surface area contributed by atoms with E-state index in [0.717, 1.165) is 32.1 Å². The van der Waals surface area contributed by atoms with E-state index in [1.807, 2.05) is 0 Å². The first-order valence-electron chi connectivity index (χ1n) is 7.76. The number of carbonyl (C=O) groups is 1. The van der Waals surface area contributed by atoms with Crippen LogP contribution < -0.4 is 0 Å². The Morgan fingerprint density at radius 1 is 1.35 bits per heavy atom. The predicted octanol–water partition coefficient (Wildman–Crippen LogP) is 3.27. The number of esters is 1. The molecule has 4 heteroatoms. The summed E-state index contributed by atoms with van der Waals surface area (Å²) in [5.74, 6) is 0.301. The number of alkyl halides is 1. The van der Waals surface area contributed by atoms with Crippen LogP contribution in [-0.4, -0.2) is 28.2 Å². The van der Waals surface area contributed by atoms with Gasteiger partial charge in [-0.1, -0.05) is 20.8 Å². The van der Waals surface area contributed by atoms with E-state index in [1.54, 1.807) is 0 Å². The van der Waals surface area contributed by atoms with Gasteiger partial charge in [0.25, 0.3) is 0 Å². The number of halogens is 1. The Kier molecular flexibility index (Phi) is 3.03. The van der Waals surface area contributed by atoms with Crippen molar-refractivity contribution in [1.29, 1.82) is 0 Å². The fourth-order valence-electron chi connectivity index (χ4n) is 5.29. The Balaban J connectivity index is 2.18. The van der Waals surface area contributed by atoms with Gasteiger partial charge in [-0.05, 0) is 38.0 Å². The van der Waals surface area contributed by atoms with Crippen molar-refractivity contribution in [2.45, 2.75) is 69.8 Å². The molecule has 2 aliphatic carbocycles. The Labute approximate surface area is 126 Å². The normalized spacial score (nSPS) is 55.0. The first kappa shape index (κ1) is 14.6. The van der Waals surface area contributed by atoms with E-state index in [-0.39, 0.29) is 23.4 Å². The molecule has 3 fully saturated rings. The number of ether oxygens (including phenoxy) is 1. The molecule has 0 aromatic heterocycles. The molecule has 0 aromatic carbocycles. The van der Waals surface area contributed by atoms with Gasteiger partial charge in [0.05, 0.1) is 17.9 Å². The van der Waals surface area contributed by atoms with Crippen LogP contribution in [0.3, 0.4) is 0 Å². The third-order valence-electron chi connectivity index (χ3n) is 6.93. The Bertz CT molecular complexity index is 453. The highest BCUT2D eigenvalue weighted by Crippen LogP contribution is 2.70. The van der Waals surface area contributed by atoms with Gasteiger partial charge in [-0.2, -0.15) is 0 Å². The third kappa shape index (κ3) is 1.39. The fraction of sp³-hybridized carbons (Fsp3) is 0.938. The van der Waals surface area contributed by atoms with E-state index in [9.17, 15) is 9.90 Å². The minimum atomic E-state index is -0.638. The van der Waals surface area contributed by atoms with Crippen LogP contribution >= 0.6 is 11.6 Å². The molecular formula is C16H25ClO3. The molecule has 0 bridgehead atoms. The molecule has 1 aliphatic heterocycles. The molecule has 0 aromatic rings. The van der Waals surface area contributed by atoms with E-state index < -0.39 is 10.5 Å². The molecule has 1 saturated heterocycles. The molecule has 3 nitrogen and oxygen atoms in total. The zero-order valence-corrected chi connectivity index (χ0v) is 13.4. The summed E-state index contributed by atoms with van der Waals surface area (Å²) in [5.41, 5.74) is -1.19. The molecule has 2 unspecified atom stereocenters. The molecule has 114 valence electrons. The Morgan fingerprint density at radius 3 is 2.70 bits per heavy atom. The fourth-order valence-corrected chi connectivity index (χ4v) is 5.90. The second-order valence-electron chi connectivity index (χ2n) is 7.71. The van der Waals surface area contributed by atoms with E-state index in [4.69, 9.17) is 16.3 Å². The smallest absolute Gasteiger partial charge is 0.307 e. The summed E-state index contributed by atoms with van der Waals surface area (Å²) in [4.78, 5) is 11.5. The average Bonchev–Trinajstić information content (AvgIpc) is 2.66. The molecule has 5 atom stereocenters. The SMILES string of the molecule is CC1CCC2(Cl)[C@@](C)(CO)CCC[C@@]23OC(=O)C[C@@]13C. The summed E-state index contributed by atoms with van der Waals surface area (Å²) in [6, 6.07) is 0. The van der Waals surface area contributed by atoms with Crippen LogP contribution in [0.25, 0.3) is 0 Å². The molecule has 0 radical (unpaired) electrons. The average molecular weight is 301 g/mol. The van der Waals surface area contributed by atoms with Gasteiger partial charge in [0, 0.05) is 10.8 Å². The monoisotopic (exact) mass is 300 g/mol. The van der Waals surface area contributed by atoms with E-state index >= 15 is 0 Å². The van der Waals surface area contributed by atoms with Gasteiger partial charge in [-0.3, -0.25) is 4.79 Å². The maximum Gasteiger partial charge on any atom is 0.307 e. The summed E-state index contributed by atoms with van der Waals surface area (Å²) in [6.45, 7) is 6.50.